The Kier molecular flexibility index (Phi) is 12.2. The second-order valence-corrected chi connectivity index (χ2v) is 9.58. The van der Waals surface area contributed by atoms with E-state index in [2.05, 4.69) is 35.9 Å². The summed E-state index contributed by atoms with van der Waals surface area (Å²) in [6.45, 7) is 4.50. The van der Waals surface area contributed by atoms with E-state index in [4.69, 9.17) is 14.8 Å². The molecule has 0 spiro atoms. The molecular weight excluding hydrogens is 584 g/mol. The molecule has 0 atom stereocenters. The van der Waals surface area contributed by atoms with Gasteiger partial charge >= 0.3 is 6.03 Å². The number of hydrogen-bond donors (Lipinski definition) is 3. The van der Waals surface area contributed by atoms with Gasteiger partial charge in [-0.05, 0) is 35.4 Å². The van der Waals surface area contributed by atoms with Gasteiger partial charge in [-0.2, -0.15) is 15.0 Å². The maximum atomic E-state index is 11.8. The molecule has 12 heteroatoms. The number of hydrogen-bond acceptors (Lipinski definition) is 10. The summed E-state index contributed by atoms with van der Waals surface area (Å²) in [7, 11) is 0. The summed E-state index contributed by atoms with van der Waals surface area (Å²) < 4.78 is 9.85. The smallest absolute Gasteiger partial charge is 0.319 e. The van der Waals surface area contributed by atoms with E-state index in [0.717, 1.165) is 27.9 Å². The van der Waals surface area contributed by atoms with Crippen LogP contribution >= 0.6 is 0 Å². The number of para-hydroxylation sites is 2. The quantitative estimate of drug-likeness (QED) is 0.133. The summed E-state index contributed by atoms with van der Waals surface area (Å²) in [5, 5.41) is 13.3. The van der Waals surface area contributed by atoms with Crippen LogP contribution in [0.5, 0.6) is 0 Å². The van der Waals surface area contributed by atoms with Crippen LogP contribution in [-0.2, 0) is 17.9 Å². The Morgan fingerprint density at radius 2 is 1.24 bits per heavy atom. The third kappa shape index (κ3) is 10.5. The van der Waals surface area contributed by atoms with Crippen molar-refractivity contribution < 1.29 is 18.6 Å². The number of carbonyl (C=O) groups is 1. The monoisotopic (exact) mass is 616 g/mol. The number of aliphatic imine (C=N–C) groups is 1. The molecule has 6 aromatic rings. The predicted octanol–water partition coefficient (Wildman–Crippen LogP) is 6.52. The summed E-state index contributed by atoms with van der Waals surface area (Å²) in [5.74, 6) is 2.28. The van der Waals surface area contributed by atoms with Crippen molar-refractivity contribution in [2.24, 2.45) is 10.7 Å². The minimum Gasteiger partial charge on any atom is -0.339 e. The van der Waals surface area contributed by atoms with E-state index in [-0.39, 0.29) is 6.03 Å². The molecule has 0 aliphatic heterocycles. The predicted molar refractivity (Wildman–Crippen MR) is 173 cm³/mol. The highest BCUT2D eigenvalue weighted by molar-refractivity contribution is 5.89. The first-order valence-corrected chi connectivity index (χ1v) is 14.2. The van der Waals surface area contributed by atoms with Crippen LogP contribution in [0.2, 0.25) is 0 Å². The van der Waals surface area contributed by atoms with E-state index < -0.39 is 0 Å². The van der Waals surface area contributed by atoms with E-state index in [9.17, 15) is 9.59 Å². The number of amides is 2. The molecule has 4 N–H and O–H groups in total. The number of isocyanates is 1. The highest BCUT2D eigenvalue weighted by Crippen LogP contribution is 2.17. The highest BCUT2D eigenvalue weighted by atomic mass is 16.5. The van der Waals surface area contributed by atoms with Crippen molar-refractivity contribution in [3.63, 3.8) is 0 Å². The van der Waals surface area contributed by atoms with Crippen molar-refractivity contribution in [3.8, 4) is 22.8 Å². The molecule has 2 aromatic heterocycles. The Hall–Kier alpha value is -6.23. The van der Waals surface area contributed by atoms with E-state index in [1.807, 2.05) is 97.1 Å². The standard InChI is InChI=1S/C17H16N4O2.C10H11N3O.C7H5NO/c1-12-19-16(21-23-12)14-9-7-13(8-10-14)11-18-17(22)20-15-5-3-2-4-6-15;1-7-12-10(13-14-7)9-4-2-8(6-11)3-5-9;9-6-8-7-4-2-1-3-5-7/h2-10H,11H2,1H3,(H2,18,20,22);2-5H,6,11H2,1H3;1-5H. The van der Waals surface area contributed by atoms with E-state index in [1.165, 1.54) is 6.08 Å². The molecule has 12 nitrogen and oxygen atoms in total. The van der Waals surface area contributed by atoms with Crippen LogP contribution in [0.15, 0.2) is 123 Å². The van der Waals surface area contributed by atoms with Gasteiger partial charge in [-0.15, -0.1) is 0 Å². The van der Waals surface area contributed by atoms with Crippen molar-refractivity contribution >= 4 is 23.5 Å². The number of nitrogens with one attached hydrogen (secondary N) is 2. The first-order chi connectivity index (χ1) is 22.4. The molecule has 0 radical (unpaired) electrons. The molecule has 232 valence electrons. The van der Waals surface area contributed by atoms with Crippen LogP contribution < -0.4 is 16.4 Å². The fourth-order valence-electron chi connectivity index (χ4n) is 3.83. The molecule has 0 bridgehead atoms. The van der Waals surface area contributed by atoms with Gasteiger partial charge in [0.2, 0.25) is 29.5 Å². The highest BCUT2D eigenvalue weighted by Gasteiger charge is 2.07. The molecule has 46 heavy (non-hydrogen) atoms. The Balaban J connectivity index is 0.000000176. The van der Waals surface area contributed by atoms with Crippen molar-refractivity contribution in [1.82, 2.24) is 25.6 Å². The first-order valence-electron chi connectivity index (χ1n) is 14.2. The molecule has 0 saturated carbocycles. The summed E-state index contributed by atoms with van der Waals surface area (Å²) in [5.41, 5.74) is 10.8. The maximum absolute atomic E-state index is 11.8. The summed E-state index contributed by atoms with van der Waals surface area (Å²) in [4.78, 5) is 33.2. The molecule has 0 unspecified atom stereocenters. The molecule has 0 saturated heterocycles. The molecule has 0 aliphatic rings. The van der Waals surface area contributed by atoms with E-state index in [1.54, 1.807) is 26.0 Å². The normalized spacial score (nSPS) is 9.89. The summed E-state index contributed by atoms with van der Waals surface area (Å²) >= 11 is 0. The Bertz CT molecular complexity index is 1830. The van der Waals surface area contributed by atoms with Crippen LogP contribution in [0.25, 0.3) is 22.8 Å². The van der Waals surface area contributed by atoms with Gasteiger partial charge in [0.1, 0.15) is 0 Å². The summed E-state index contributed by atoms with van der Waals surface area (Å²) in [6.07, 6.45) is 1.46. The molecule has 4 aromatic carbocycles. The zero-order chi connectivity index (χ0) is 32.6. The number of nitrogens with two attached hydrogens (primary N) is 1. The van der Waals surface area contributed by atoms with Crippen molar-refractivity contribution in [2.75, 3.05) is 5.32 Å². The first kappa shape index (κ1) is 32.7. The minimum atomic E-state index is -0.242. The lowest BCUT2D eigenvalue weighted by Gasteiger charge is -2.07. The van der Waals surface area contributed by atoms with Gasteiger partial charge in [-0.25, -0.2) is 9.59 Å². The van der Waals surface area contributed by atoms with Gasteiger partial charge in [-0.1, -0.05) is 95.2 Å². The third-order valence-corrected chi connectivity index (χ3v) is 6.13. The van der Waals surface area contributed by atoms with Gasteiger partial charge < -0.3 is 25.4 Å². The van der Waals surface area contributed by atoms with Crippen LogP contribution in [0.4, 0.5) is 16.2 Å². The fourth-order valence-corrected chi connectivity index (χ4v) is 3.83. The minimum absolute atomic E-state index is 0.242. The average molecular weight is 617 g/mol. The number of carbonyl (C=O) groups excluding carboxylic acids is 2. The van der Waals surface area contributed by atoms with E-state index >= 15 is 0 Å². The van der Waals surface area contributed by atoms with Gasteiger partial charge in [0.15, 0.2) is 0 Å². The number of benzene rings is 4. The molecule has 6 rings (SSSR count). The molecule has 2 heterocycles. The molecule has 2 amide bonds. The molecule has 0 fully saturated rings. The average Bonchev–Trinajstić information content (AvgIpc) is 3.74. The largest absolute Gasteiger partial charge is 0.339 e. The van der Waals surface area contributed by atoms with Gasteiger partial charge in [0.25, 0.3) is 0 Å². The number of anilines is 1. The van der Waals surface area contributed by atoms with Gasteiger partial charge in [-0.3, -0.25) is 0 Å². The van der Waals surface area contributed by atoms with Crippen molar-refractivity contribution in [2.45, 2.75) is 26.9 Å². The summed E-state index contributed by atoms with van der Waals surface area (Å²) in [6, 6.07) is 33.5. The van der Waals surface area contributed by atoms with E-state index in [0.29, 0.717) is 42.2 Å². The fraction of sp³-hybridized carbons (Fsp3) is 0.118. The van der Waals surface area contributed by atoms with Crippen molar-refractivity contribution in [3.05, 3.63) is 132 Å². The molecular formula is C34H32N8O4. The van der Waals surface area contributed by atoms with Crippen LogP contribution in [0.3, 0.4) is 0 Å². The second kappa shape index (κ2) is 17.2. The van der Waals surface area contributed by atoms with Crippen LogP contribution in [-0.4, -0.2) is 32.4 Å². The third-order valence-electron chi connectivity index (χ3n) is 6.13. The number of aromatic nitrogens is 4. The Morgan fingerprint density at radius 3 is 1.70 bits per heavy atom. The number of aryl methyl sites for hydroxylation is 2. The second-order valence-electron chi connectivity index (χ2n) is 9.58. The lowest BCUT2D eigenvalue weighted by atomic mass is 10.1. The zero-order valence-electron chi connectivity index (χ0n) is 25.3. The van der Waals surface area contributed by atoms with Crippen molar-refractivity contribution in [1.29, 1.82) is 0 Å². The van der Waals surface area contributed by atoms with Crippen LogP contribution in [0, 0.1) is 13.8 Å². The topological polar surface area (TPSA) is 174 Å². The maximum Gasteiger partial charge on any atom is 0.319 e. The SMILES string of the molecule is Cc1nc(-c2ccc(CN)cc2)no1.Cc1nc(-c2ccc(CNC(=O)Nc3ccccc3)cc2)no1.O=C=Nc1ccccc1. The lowest BCUT2D eigenvalue weighted by Crippen LogP contribution is -2.28. The Morgan fingerprint density at radius 1 is 0.739 bits per heavy atom. The number of nitrogens with zero attached hydrogens (tertiary/aromatic N) is 5. The van der Waals surface area contributed by atoms with Gasteiger partial charge in [0.05, 0.1) is 5.69 Å². The van der Waals surface area contributed by atoms with Crippen LogP contribution in [0.1, 0.15) is 22.9 Å². The lowest BCUT2D eigenvalue weighted by molar-refractivity contribution is 0.251. The van der Waals surface area contributed by atoms with Gasteiger partial charge in [0, 0.05) is 43.8 Å². The Labute approximate surface area is 265 Å². The molecule has 0 aliphatic carbocycles. The zero-order valence-corrected chi connectivity index (χ0v) is 25.3. The number of urea groups is 1. The number of rotatable bonds is 7.